The van der Waals surface area contributed by atoms with Crippen LogP contribution in [-0.2, 0) is 27.9 Å². The summed E-state index contributed by atoms with van der Waals surface area (Å²) in [6.07, 6.45) is 37.4. The van der Waals surface area contributed by atoms with Crippen molar-refractivity contribution in [3.05, 3.63) is 12.2 Å². The molecule has 0 fully saturated rings. The van der Waals surface area contributed by atoms with Crippen molar-refractivity contribution in [2.24, 2.45) is 0 Å². The first-order valence-corrected chi connectivity index (χ1v) is 22.7. The number of phosphoric acid groups is 1. The summed E-state index contributed by atoms with van der Waals surface area (Å²) >= 11 is 0. The second-order valence-corrected chi connectivity index (χ2v) is 15.8. The van der Waals surface area contributed by atoms with Crippen LogP contribution in [0.15, 0.2) is 12.2 Å². The minimum Gasteiger partial charge on any atom is -0.457 e. The van der Waals surface area contributed by atoms with Crippen LogP contribution in [0.1, 0.15) is 200 Å². The molecule has 3 N–H and O–H groups in total. The summed E-state index contributed by atoms with van der Waals surface area (Å²) < 4.78 is 33.3. The first-order chi connectivity index (χ1) is 24.8. The van der Waals surface area contributed by atoms with Crippen molar-refractivity contribution >= 4 is 13.8 Å². The first-order valence-electron chi connectivity index (χ1n) is 21.2. The number of ether oxygens (including phenoxy) is 2. The average Bonchev–Trinajstić information content (AvgIpc) is 3.12. The van der Waals surface area contributed by atoms with Gasteiger partial charge in [-0.25, -0.2) is 4.57 Å². The molecule has 3 unspecified atom stereocenters. The Labute approximate surface area is 313 Å². The van der Waals surface area contributed by atoms with Gasteiger partial charge in [0.1, 0.15) is 12.2 Å². The highest BCUT2D eigenvalue weighted by Crippen LogP contribution is 2.43. The van der Waals surface area contributed by atoms with Crippen molar-refractivity contribution < 1.29 is 43.0 Å². The van der Waals surface area contributed by atoms with Crippen molar-refractivity contribution in [3.63, 3.8) is 0 Å². The minimum absolute atomic E-state index is 0.0516. The van der Waals surface area contributed by atoms with E-state index < -0.39 is 33.2 Å². The number of aliphatic hydroxyl groups excluding tert-OH is 2. The van der Waals surface area contributed by atoms with Crippen molar-refractivity contribution in [1.82, 2.24) is 0 Å². The lowest BCUT2D eigenvalue weighted by Gasteiger charge is -2.20. The number of allylic oxidation sites excluding steroid dienone is 2. The van der Waals surface area contributed by atoms with E-state index in [1.165, 1.54) is 128 Å². The molecule has 0 amide bonds. The zero-order valence-corrected chi connectivity index (χ0v) is 34.0. The van der Waals surface area contributed by atoms with Gasteiger partial charge in [-0.05, 0) is 38.5 Å². The van der Waals surface area contributed by atoms with Gasteiger partial charge >= 0.3 is 13.8 Å². The molecule has 304 valence electrons. The number of esters is 1. The molecule has 3 atom stereocenters. The number of rotatable bonds is 41. The fourth-order valence-corrected chi connectivity index (χ4v) is 6.73. The van der Waals surface area contributed by atoms with E-state index in [4.69, 9.17) is 23.6 Å². The Hall–Kier alpha value is -0.800. The third kappa shape index (κ3) is 38.7. The van der Waals surface area contributed by atoms with Gasteiger partial charge in [-0.3, -0.25) is 13.8 Å². The second kappa shape index (κ2) is 38.9. The van der Waals surface area contributed by atoms with Crippen LogP contribution < -0.4 is 0 Å². The van der Waals surface area contributed by atoms with E-state index in [2.05, 4.69) is 26.0 Å². The topological polar surface area (TPSA) is 132 Å². The molecule has 0 aliphatic carbocycles. The van der Waals surface area contributed by atoms with Crippen molar-refractivity contribution in [3.8, 4) is 0 Å². The van der Waals surface area contributed by atoms with Crippen LogP contribution in [0.2, 0.25) is 0 Å². The van der Waals surface area contributed by atoms with Gasteiger partial charge in [0.2, 0.25) is 0 Å². The van der Waals surface area contributed by atoms with E-state index in [-0.39, 0.29) is 25.6 Å². The summed E-state index contributed by atoms with van der Waals surface area (Å²) in [7, 11) is -4.51. The van der Waals surface area contributed by atoms with Crippen LogP contribution in [0.25, 0.3) is 0 Å². The van der Waals surface area contributed by atoms with Gasteiger partial charge in [0.05, 0.1) is 26.4 Å². The maximum atomic E-state index is 12.6. The maximum absolute atomic E-state index is 12.6. The highest BCUT2D eigenvalue weighted by atomic mass is 31.2. The number of aliphatic hydroxyl groups is 2. The minimum atomic E-state index is -4.51. The summed E-state index contributed by atoms with van der Waals surface area (Å²) in [5, 5.41) is 18.3. The molecule has 0 radical (unpaired) electrons. The lowest BCUT2D eigenvalue weighted by atomic mass is 10.0. The quantitative estimate of drug-likeness (QED) is 0.0242. The van der Waals surface area contributed by atoms with Crippen LogP contribution >= 0.6 is 7.82 Å². The standard InChI is InChI=1S/C41H81O9P/c1-3-5-7-9-11-13-15-17-18-19-20-22-24-26-28-30-32-34-47-37-40(38-49-51(45,46)48-36-39(43)35-42)50-41(44)33-31-29-27-25-23-21-16-14-12-10-8-6-4-2/h14,16,39-40,42-43H,3-13,15,17-38H2,1-2H3,(H,45,46)/b16-14-. The molecule has 0 bridgehead atoms. The van der Waals surface area contributed by atoms with Crippen LogP contribution in [0.3, 0.4) is 0 Å². The third-order valence-corrected chi connectivity index (χ3v) is 10.2. The Morgan fingerprint density at radius 3 is 1.49 bits per heavy atom. The van der Waals surface area contributed by atoms with Gasteiger partial charge < -0.3 is 24.6 Å². The monoisotopic (exact) mass is 749 g/mol. The Morgan fingerprint density at radius 1 is 0.588 bits per heavy atom. The lowest BCUT2D eigenvalue weighted by molar-refractivity contribution is -0.154. The van der Waals surface area contributed by atoms with Crippen LogP contribution in [-0.4, -0.2) is 66.3 Å². The number of carbonyl (C=O) groups is 1. The van der Waals surface area contributed by atoms with Crippen molar-refractivity contribution in [1.29, 1.82) is 0 Å². The summed E-state index contributed by atoms with van der Waals surface area (Å²) in [4.78, 5) is 22.5. The molecule has 9 nitrogen and oxygen atoms in total. The molecule has 0 aliphatic heterocycles. The zero-order chi connectivity index (χ0) is 37.5. The van der Waals surface area contributed by atoms with Crippen LogP contribution in [0, 0.1) is 0 Å². The maximum Gasteiger partial charge on any atom is 0.472 e. The highest BCUT2D eigenvalue weighted by Gasteiger charge is 2.26. The average molecular weight is 749 g/mol. The van der Waals surface area contributed by atoms with Gasteiger partial charge in [-0.1, -0.05) is 167 Å². The normalized spacial score (nSPS) is 14.2. The van der Waals surface area contributed by atoms with Gasteiger partial charge in [-0.15, -0.1) is 0 Å². The molecule has 0 aliphatic rings. The van der Waals surface area contributed by atoms with E-state index >= 15 is 0 Å². The van der Waals surface area contributed by atoms with E-state index in [1.807, 2.05) is 0 Å². The fourth-order valence-electron chi connectivity index (χ4n) is 5.94. The van der Waals surface area contributed by atoms with E-state index in [0.717, 1.165) is 51.4 Å². The first kappa shape index (κ1) is 50.2. The zero-order valence-electron chi connectivity index (χ0n) is 33.1. The van der Waals surface area contributed by atoms with E-state index in [1.54, 1.807) is 0 Å². The smallest absolute Gasteiger partial charge is 0.457 e. The van der Waals surface area contributed by atoms with E-state index in [0.29, 0.717) is 6.61 Å². The summed E-state index contributed by atoms with van der Waals surface area (Å²) in [6.45, 7) is 3.52. The highest BCUT2D eigenvalue weighted by molar-refractivity contribution is 7.47. The second-order valence-electron chi connectivity index (χ2n) is 14.4. The molecule has 0 heterocycles. The fraction of sp³-hybridized carbons (Fsp3) is 0.927. The molecule has 10 heteroatoms. The lowest BCUT2D eigenvalue weighted by Crippen LogP contribution is -2.29. The molecule has 51 heavy (non-hydrogen) atoms. The predicted molar refractivity (Wildman–Crippen MR) is 210 cm³/mol. The molecule has 0 aromatic rings. The number of carbonyl (C=O) groups excluding carboxylic acids is 1. The van der Waals surface area contributed by atoms with Crippen LogP contribution in [0.5, 0.6) is 0 Å². The summed E-state index contributed by atoms with van der Waals surface area (Å²) in [5.74, 6) is -0.389. The Balaban J connectivity index is 4.14. The third-order valence-electron chi connectivity index (χ3n) is 9.20. The van der Waals surface area contributed by atoms with Gasteiger partial charge in [0.15, 0.2) is 0 Å². The number of phosphoric ester groups is 1. The Bertz CT molecular complexity index is 810. The Morgan fingerprint density at radius 2 is 1.00 bits per heavy atom. The number of hydrogen-bond acceptors (Lipinski definition) is 8. The molecule has 0 aromatic heterocycles. The van der Waals surface area contributed by atoms with Gasteiger partial charge in [-0.2, -0.15) is 0 Å². The van der Waals surface area contributed by atoms with Gasteiger partial charge in [0, 0.05) is 13.0 Å². The Kier molecular flexibility index (Phi) is 38.3. The predicted octanol–water partition coefficient (Wildman–Crippen LogP) is 11.3. The molecule has 0 aromatic carbocycles. The van der Waals surface area contributed by atoms with Crippen LogP contribution in [0.4, 0.5) is 0 Å². The molecule has 0 saturated carbocycles. The molecule has 0 spiro atoms. The number of unbranched alkanes of at least 4 members (excludes halogenated alkanes) is 25. The number of hydrogen-bond donors (Lipinski definition) is 3. The largest absolute Gasteiger partial charge is 0.472 e. The van der Waals surface area contributed by atoms with Crippen molar-refractivity contribution in [2.75, 3.05) is 33.0 Å². The molecular weight excluding hydrogens is 667 g/mol. The SMILES string of the molecule is CCCCCC/C=C\CCCCCCCC(=O)OC(COCCCCCCCCCCCCCCCCCCC)COP(=O)(O)OCC(O)CO. The van der Waals surface area contributed by atoms with E-state index in [9.17, 15) is 19.4 Å². The van der Waals surface area contributed by atoms with Crippen molar-refractivity contribution in [2.45, 2.75) is 212 Å². The summed E-state index contributed by atoms with van der Waals surface area (Å²) in [6, 6.07) is 0. The van der Waals surface area contributed by atoms with Gasteiger partial charge in [0.25, 0.3) is 0 Å². The molecule has 0 rings (SSSR count). The molecular formula is C41H81O9P. The summed E-state index contributed by atoms with van der Waals surface area (Å²) in [5.41, 5.74) is 0. The molecule has 0 saturated heterocycles.